The number of hydrogen-bond donors (Lipinski definition) is 0. The lowest BCUT2D eigenvalue weighted by Gasteiger charge is -2.20. The van der Waals surface area contributed by atoms with E-state index in [0.29, 0.717) is 28.0 Å². The van der Waals surface area contributed by atoms with Gasteiger partial charge in [0.05, 0.1) is 30.5 Å². The Morgan fingerprint density at radius 3 is 2.56 bits per heavy atom. The van der Waals surface area contributed by atoms with Gasteiger partial charge in [-0.15, -0.1) is 11.3 Å². The first-order valence-electron chi connectivity index (χ1n) is 10.8. The lowest BCUT2D eigenvalue weighted by atomic mass is 9.96. The molecule has 0 spiro atoms. The number of fused-ring (bicyclic) bond motifs is 1. The largest absolute Gasteiger partial charge is 0.493 e. The van der Waals surface area contributed by atoms with Gasteiger partial charge in [-0.05, 0) is 72.5 Å². The van der Waals surface area contributed by atoms with Crippen LogP contribution in [0.5, 0.6) is 11.5 Å². The van der Waals surface area contributed by atoms with Crippen LogP contribution in [-0.2, 0) is 6.42 Å². The fraction of sp³-hybridized carbons (Fsp3) is 0.192. The number of rotatable bonds is 6. The van der Waals surface area contributed by atoms with Crippen LogP contribution in [0.4, 0.5) is 5.69 Å². The van der Waals surface area contributed by atoms with Gasteiger partial charge in [-0.2, -0.15) is 5.10 Å². The second kappa shape index (κ2) is 9.48. The second-order valence-electron chi connectivity index (χ2n) is 7.82. The summed E-state index contributed by atoms with van der Waals surface area (Å²) in [6.45, 7) is 2.72. The van der Waals surface area contributed by atoms with Gasteiger partial charge in [0.15, 0.2) is 16.5 Å². The summed E-state index contributed by atoms with van der Waals surface area (Å²) in [6.07, 6.45) is 2.84. The predicted octanol–water partition coefficient (Wildman–Crippen LogP) is 5.71. The maximum Gasteiger partial charge on any atom is 0.230 e. The Morgan fingerprint density at radius 2 is 1.85 bits per heavy atom. The van der Waals surface area contributed by atoms with Crippen molar-refractivity contribution < 1.29 is 14.3 Å². The van der Waals surface area contributed by atoms with Crippen LogP contribution in [0.2, 0.25) is 0 Å². The van der Waals surface area contributed by atoms with E-state index < -0.39 is 0 Å². The van der Waals surface area contributed by atoms with Gasteiger partial charge in [-0.25, -0.2) is 5.01 Å². The summed E-state index contributed by atoms with van der Waals surface area (Å²) in [7, 11) is 3.27. The normalized spacial score (nSPS) is 16.2. The molecule has 0 bridgehead atoms. The number of carbonyl (C=O) groups is 1. The third kappa shape index (κ3) is 4.26. The van der Waals surface area contributed by atoms with E-state index in [4.69, 9.17) is 19.6 Å². The zero-order valence-electron chi connectivity index (χ0n) is 19.1. The molecule has 6 nitrogen and oxygen atoms in total. The number of methoxy groups -OCH3 is 2. The number of benzene rings is 2. The van der Waals surface area contributed by atoms with Crippen molar-refractivity contribution in [1.29, 1.82) is 0 Å². The number of nitrogens with zero attached hydrogens (tertiary/aromatic N) is 3. The number of ether oxygens (including phenoxy) is 2. The molecule has 0 radical (unpaired) electrons. The predicted molar refractivity (Wildman–Crippen MR) is 140 cm³/mol. The highest BCUT2D eigenvalue weighted by atomic mass is 32.2. The van der Waals surface area contributed by atoms with Crippen LogP contribution in [0, 0.1) is 6.92 Å². The topological polar surface area (TPSA) is 63.5 Å². The van der Waals surface area contributed by atoms with Crippen LogP contribution < -0.4 is 14.5 Å². The molecule has 3 heterocycles. The number of thiophene rings is 1. The molecule has 0 fully saturated rings. The number of carbonyl (C=O) groups excluding carboxylic acids is 1. The standard InChI is InChI=1S/C26H23N3O3S2/c1-16-6-8-18(9-7-16)29-24(34-26(28-29)25(30)23-5-4-12-33-23)15-20-19-14-22(32-3)21(31-2)13-17(19)10-11-27-20/h4-9,12-15H,10-11H2,1-3H3. The summed E-state index contributed by atoms with van der Waals surface area (Å²) in [5.74, 6) is 1.30. The van der Waals surface area contributed by atoms with Gasteiger partial charge in [0.25, 0.3) is 0 Å². The first-order chi connectivity index (χ1) is 16.6. The summed E-state index contributed by atoms with van der Waals surface area (Å²) in [4.78, 5) is 18.5. The number of Topliss-reactive ketones (excluding diaryl/α,β-unsaturated/α-hetero) is 1. The molecule has 0 saturated heterocycles. The van der Waals surface area contributed by atoms with Crippen molar-refractivity contribution in [3.63, 3.8) is 0 Å². The SMILES string of the molecule is COc1cc2c(cc1OC)C(C=C1SC(C(=O)c3cccs3)=NN1c1ccc(C)cc1)=NCC2. The van der Waals surface area contributed by atoms with Crippen LogP contribution in [0.3, 0.4) is 0 Å². The summed E-state index contributed by atoms with van der Waals surface area (Å²) in [5, 5.41) is 9.70. The van der Waals surface area contributed by atoms with E-state index in [1.165, 1.54) is 23.1 Å². The molecule has 1 aromatic heterocycles. The highest BCUT2D eigenvalue weighted by molar-refractivity contribution is 8.19. The molecule has 2 aliphatic rings. The molecule has 5 rings (SSSR count). The van der Waals surface area contributed by atoms with Crippen molar-refractivity contribution in [1.82, 2.24) is 0 Å². The zero-order chi connectivity index (χ0) is 23.7. The fourth-order valence-corrected chi connectivity index (χ4v) is 5.51. The molecule has 0 N–H and O–H groups in total. The molecule has 0 amide bonds. The van der Waals surface area contributed by atoms with Crippen LogP contribution in [0.1, 0.15) is 26.4 Å². The maximum atomic E-state index is 13.1. The number of ketones is 1. The van der Waals surface area contributed by atoms with Crippen molar-refractivity contribution in [2.24, 2.45) is 10.1 Å². The number of thioether (sulfide) groups is 1. The van der Waals surface area contributed by atoms with E-state index in [-0.39, 0.29) is 5.78 Å². The number of allylic oxidation sites excluding steroid dienone is 1. The molecule has 0 saturated carbocycles. The molecular weight excluding hydrogens is 466 g/mol. The van der Waals surface area contributed by atoms with E-state index in [2.05, 4.69) is 0 Å². The van der Waals surface area contributed by atoms with Gasteiger partial charge in [0.2, 0.25) is 5.78 Å². The van der Waals surface area contributed by atoms with E-state index >= 15 is 0 Å². The Bertz CT molecular complexity index is 1330. The molecule has 34 heavy (non-hydrogen) atoms. The van der Waals surface area contributed by atoms with Crippen LogP contribution in [0.15, 0.2) is 75.1 Å². The molecule has 0 unspecified atom stereocenters. The Labute approximate surface area is 206 Å². The molecule has 0 aliphatic carbocycles. The summed E-state index contributed by atoms with van der Waals surface area (Å²) in [5.41, 5.74) is 5.04. The van der Waals surface area contributed by atoms with Gasteiger partial charge in [-0.1, -0.05) is 23.8 Å². The monoisotopic (exact) mass is 489 g/mol. The van der Waals surface area contributed by atoms with Gasteiger partial charge in [0.1, 0.15) is 5.03 Å². The van der Waals surface area contributed by atoms with Gasteiger partial charge in [-0.3, -0.25) is 9.79 Å². The number of aryl methyl sites for hydroxylation is 1. The van der Waals surface area contributed by atoms with E-state index in [1.54, 1.807) is 14.2 Å². The van der Waals surface area contributed by atoms with E-state index in [1.807, 2.05) is 71.9 Å². The summed E-state index contributed by atoms with van der Waals surface area (Å²) in [6, 6.07) is 15.8. The lowest BCUT2D eigenvalue weighted by molar-refractivity contribution is 0.107. The fourth-order valence-electron chi connectivity index (χ4n) is 3.86. The van der Waals surface area contributed by atoms with Crippen LogP contribution in [0.25, 0.3) is 0 Å². The van der Waals surface area contributed by atoms with Crippen molar-refractivity contribution in [3.05, 3.63) is 86.6 Å². The van der Waals surface area contributed by atoms with E-state index in [0.717, 1.165) is 39.5 Å². The Kier molecular flexibility index (Phi) is 6.26. The average Bonchev–Trinajstić information content (AvgIpc) is 3.54. The van der Waals surface area contributed by atoms with E-state index in [9.17, 15) is 4.79 Å². The molecule has 0 atom stereocenters. The number of hydrazone groups is 1. The Balaban J connectivity index is 1.55. The third-order valence-electron chi connectivity index (χ3n) is 5.63. The minimum absolute atomic E-state index is 0.0714. The minimum atomic E-state index is -0.0714. The zero-order valence-corrected chi connectivity index (χ0v) is 20.7. The molecule has 2 aromatic carbocycles. The number of anilines is 1. The molecule has 8 heteroatoms. The highest BCUT2D eigenvalue weighted by Gasteiger charge is 2.30. The Morgan fingerprint density at radius 1 is 1.09 bits per heavy atom. The molecular formula is C26H23N3O3S2. The van der Waals surface area contributed by atoms with Crippen molar-refractivity contribution in [3.8, 4) is 11.5 Å². The number of aliphatic imine (C=N–C) groups is 1. The van der Waals surface area contributed by atoms with Gasteiger partial charge >= 0.3 is 0 Å². The van der Waals surface area contributed by atoms with Crippen molar-refractivity contribution in [2.75, 3.05) is 25.8 Å². The maximum absolute atomic E-state index is 13.1. The van der Waals surface area contributed by atoms with Crippen molar-refractivity contribution in [2.45, 2.75) is 13.3 Å². The number of hydrogen-bond acceptors (Lipinski definition) is 8. The quantitative estimate of drug-likeness (QED) is 0.415. The van der Waals surface area contributed by atoms with Gasteiger partial charge < -0.3 is 9.47 Å². The first kappa shape index (κ1) is 22.4. The molecule has 3 aromatic rings. The Hall–Kier alpha value is -3.36. The summed E-state index contributed by atoms with van der Waals surface area (Å²) < 4.78 is 11.0. The lowest BCUT2D eigenvalue weighted by Crippen LogP contribution is -2.15. The first-order valence-corrected chi connectivity index (χ1v) is 12.5. The van der Waals surface area contributed by atoms with Crippen molar-refractivity contribution >= 4 is 45.3 Å². The average molecular weight is 490 g/mol. The highest BCUT2D eigenvalue weighted by Crippen LogP contribution is 2.38. The second-order valence-corrected chi connectivity index (χ2v) is 9.78. The molecule has 172 valence electrons. The molecule has 2 aliphatic heterocycles. The summed E-state index contributed by atoms with van der Waals surface area (Å²) >= 11 is 2.79. The minimum Gasteiger partial charge on any atom is -0.493 e. The van der Waals surface area contributed by atoms with Gasteiger partial charge in [0, 0.05) is 12.1 Å². The third-order valence-corrected chi connectivity index (χ3v) is 7.46. The van der Waals surface area contributed by atoms with Crippen LogP contribution >= 0.6 is 23.1 Å². The smallest absolute Gasteiger partial charge is 0.230 e. The van der Waals surface area contributed by atoms with Crippen LogP contribution in [-0.4, -0.2) is 37.3 Å².